The molecule has 3 heterocycles. The lowest BCUT2D eigenvalue weighted by Gasteiger charge is -2.32. The SMILES string of the molecule is O=C(c1ccc(F)cc1)N1CCc2nc(N3CCCCC3)nc(Oc3ccc(F)c(F)c3)c2C1. The predicted octanol–water partition coefficient (Wildman–Crippen LogP) is 4.88. The molecule has 34 heavy (non-hydrogen) atoms. The third-order valence-electron chi connectivity index (χ3n) is 6.13. The number of fused-ring (bicyclic) bond motifs is 1. The smallest absolute Gasteiger partial charge is 0.254 e. The van der Waals surface area contributed by atoms with Crippen molar-refractivity contribution >= 4 is 11.9 Å². The molecular weight excluding hydrogens is 445 g/mol. The van der Waals surface area contributed by atoms with Crippen molar-refractivity contribution in [3.63, 3.8) is 0 Å². The zero-order valence-corrected chi connectivity index (χ0v) is 18.4. The van der Waals surface area contributed by atoms with Crippen LogP contribution in [0.15, 0.2) is 42.5 Å². The summed E-state index contributed by atoms with van der Waals surface area (Å²) in [5.74, 6) is -1.80. The van der Waals surface area contributed by atoms with Gasteiger partial charge in [0.1, 0.15) is 11.6 Å². The second-order valence-corrected chi connectivity index (χ2v) is 8.46. The number of carbonyl (C=O) groups excluding carboxylic acids is 1. The highest BCUT2D eigenvalue weighted by molar-refractivity contribution is 5.94. The Morgan fingerprint density at radius 3 is 2.38 bits per heavy atom. The fourth-order valence-electron chi connectivity index (χ4n) is 4.29. The standard InChI is InChI=1S/C25H23F3N4O2/c26-17-6-4-16(5-7-17)24(33)32-13-10-22-19(15-32)23(34-18-8-9-20(27)21(28)14-18)30-25(29-22)31-11-2-1-3-12-31/h4-9,14H,1-3,10-13,15H2. The van der Waals surface area contributed by atoms with Crippen molar-refractivity contribution < 1.29 is 22.7 Å². The Bertz CT molecular complexity index is 1210. The summed E-state index contributed by atoms with van der Waals surface area (Å²) in [5.41, 5.74) is 1.75. The van der Waals surface area contributed by atoms with Gasteiger partial charge in [0.25, 0.3) is 5.91 Å². The topological polar surface area (TPSA) is 58.6 Å². The molecule has 1 saturated heterocycles. The molecule has 6 nitrogen and oxygen atoms in total. The van der Waals surface area contributed by atoms with Crippen LogP contribution in [0.4, 0.5) is 19.1 Å². The van der Waals surface area contributed by atoms with Crippen LogP contribution >= 0.6 is 0 Å². The third-order valence-corrected chi connectivity index (χ3v) is 6.13. The van der Waals surface area contributed by atoms with Crippen LogP contribution in [0.3, 0.4) is 0 Å². The normalized spacial score (nSPS) is 15.7. The van der Waals surface area contributed by atoms with Gasteiger partial charge in [-0.1, -0.05) is 0 Å². The average molecular weight is 468 g/mol. The molecule has 0 atom stereocenters. The number of carbonyl (C=O) groups is 1. The van der Waals surface area contributed by atoms with Crippen molar-refractivity contribution in [1.29, 1.82) is 0 Å². The number of nitrogens with zero attached hydrogens (tertiary/aromatic N) is 4. The van der Waals surface area contributed by atoms with E-state index in [1.54, 1.807) is 4.90 Å². The van der Waals surface area contributed by atoms with E-state index < -0.39 is 17.5 Å². The molecule has 5 rings (SSSR count). The van der Waals surface area contributed by atoms with E-state index in [1.165, 1.54) is 30.3 Å². The maximum Gasteiger partial charge on any atom is 0.254 e. The van der Waals surface area contributed by atoms with Crippen LogP contribution in [0.2, 0.25) is 0 Å². The molecule has 2 aliphatic heterocycles. The molecule has 0 spiro atoms. The number of anilines is 1. The molecular formula is C25H23F3N4O2. The predicted molar refractivity (Wildman–Crippen MR) is 119 cm³/mol. The van der Waals surface area contributed by atoms with Gasteiger partial charge in [-0.25, -0.2) is 18.2 Å². The van der Waals surface area contributed by atoms with E-state index in [0.717, 1.165) is 50.2 Å². The minimum absolute atomic E-state index is 0.103. The number of hydrogen-bond donors (Lipinski definition) is 0. The molecule has 0 unspecified atom stereocenters. The van der Waals surface area contributed by atoms with E-state index >= 15 is 0 Å². The molecule has 2 aromatic carbocycles. The zero-order chi connectivity index (χ0) is 23.7. The molecule has 1 fully saturated rings. The van der Waals surface area contributed by atoms with Gasteiger partial charge in [-0.05, 0) is 55.7 Å². The molecule has 3 aromatic rings. The first-order chi connectivity index (χ1) is 16.5. The highest BCUT2D eigenvalue weighted by Gasteiger charge is 2.29. The number of ether oxygens (including phenoxy) is 1. The lowest BCUT2D eigenvalue weighted by molar-refractivity contribution is 0.0732. The summed E-state index contributed by atoms with van der Waals surface area (Å²) in [6, 6.07) is 8.68. The van der Waals surface area contributed by atoms with Crippen LogP contribution in [0.5, 0.6) is 11.6 Å². The van der Waals surface area contributed by atoms with Gasteiger partial charge in [0, 0.05) is 37.7 Å². The first-order valence-electron chi connectivity index (χ1n) is 11.3. The van der Waals surface area contributed by atoms with E-state index in [4.69, 9.17) is 9.72 Å². The van der Waals surface area contributed by atoms with Crippen LogP contribution in [0, 0.1) is 17.5 Å². The second kappa shape index (κ2) is 9.32. The number of benzene rings is 2. The van der Waals surface area contributed by atoms with Crippen LogP contribution in [0.25, 0.3) is 0 Å². The molecule has 176 valence electrons. The largest absolute Gasteiger partial charge is 0.438 e. The number of piperidine rings is 1. The number of amides is 1. The van der Waals surface area contributed by atoms with Crippen molar-refractivity contribution in [3.8, 4) is 11.6 Å². The summed E-state index contributed by atoms with van der Waals surface area (Å²) in [6.45, 7) is 2.28. The summed E-state index contributed by atoms with van der Waals surface area (Å²) in [5, 5.41) is 0. The van der Waals surface area contributed by atoms with Crippen molar-refractivity contribution in [3.05, 3.63) is 76.7 Å². The highest BCUT2D eigenvalue weighted by atomic mass is 19.2. The molecule has 1 amide bonds. The van der Waals surface area contributed by atoms with Gasteiger partial charge in [0.2, 0.25) is 11.8 Å². The Morgan fingerprint density at radius 1 is 0.882 bits per heavy atom. The summed E-state index contributed by atoms with van der Waals surface area (Å²) in [6.07, 6.45) is 3.72. The van der Waals surface area contributed by atoms with E-state index in [1.807, 2.05) is 0 Å². The minimum Gasteiger partial charge on any atom is -0.438 e. The van der Waals surface area contributed by atoms with Crippen LogP contribution in [0.1, 0.15) is 40.9 Å². The first-order valence-corrected chi connectivity index (χ1v) is 11.3. The molecule has 0 N–H and O–H groups in total. The fourth-order valence-corrected chi connectivity index (χ4v) is 4.29. The number of rotatable bonds is 4. The Balaban J connectivity index is 1.48. The lowest BCUT2D eigenvalue weighted by atomic mass is 10.0. The molecule has 2 aliphatic rings. The van der Waals surface area contributed by atoms with E-state index in [0.29, 0.717) is 30.0 Å². The Labute approximate surface area is 195 Å². The molecule has 9 heteroatoms. The van der Waals surface area contributed by atoms with Crippen molar-refractivity contribution in [2.75, 3.05) is 24.5 Å². The minimum atomic E-state index is -1.02. The highest BCUT2D eigenvalue weighted by Crippen LogP contribution is 2.33. The summed E-state index contributed by atoms with van der Waals surface area (Å²) in [4.78, 5) is 26.1. The summed E-state index contributed by atoms with van der Waals surface area (Å²) >= 11 is 0. The Kier molecular flexibility index (Phi) is 6.08. The van der Waals surface area contributed by atoms with Gasteiger partial charge in [-0.3, -0.25) is 4.79 Å². The average Bonchev–Trinajstić information content (AvgIpc) is 2.86. The Morgan fingerprint density at radius 2 is 1.65 bits per heavy atom. The fraction of sp³-hybridized carbons (Fsp3) is 0.320. The van der Waals surface area contributed by atoms with Crippen LogP contribution in [-0.2, 0) is 13.0 Å². The lowest BCUT2D eigenvalue weighted by Crippen LogP contribution is -2.37. The van der Waals surface area contributed by atoms with Crippen molar-refractivity contribution in [2.45, 2.75) is 32.2 Å². The van der Waals surface area contributed by atoms with Gasteiger partial charge >= 0.3 is 0 Å². The summed E-state index contributed by atoms with van der Waals surface area (Å²) < 4.78 is 46.4. The quantitative estimate of drug-likeness (QED) is 0.547. The van der Waals surface area contributed by atoms with Gasteiger partial charge < -0.3 is 14.5 Å². The van der Waals surface area contributed by atoms with Crippen molar-refractivity contribution in [1.82, 2.24) is 14.9 Å². The molecule has 0 radical (unpaired) electrons. The van der Waals surface area contributed by atoms with Crippen LogP contribution < -0.4 is 9.64 Å². The number of hydrogen-bond acceptors (Lipinski definition) is 5. The van der Waals surface area contributed by atoms with Gasteiger partial charge in [-0.15, -0.1) is 0 Å². The van der Waals surface area contributed by atoms with E-state index in [-0.39, 0.29) is 24.1 Å². The van der Waals surface area contributed by atoms with Gasteiger partial charge in [0.15, 0.2) is 11.6 Å². The summed E-state index contributed by atoms with van der Waals surface area (Å²) in [7, 11) is 0. The molecule has 0 bridgehead atoms. The molecule has 1 aromatic heterocycles. The van der Waals surface area contributed by atoms with Crippen LogP contribution in [-0.4, -0.2) is 40.4 Å². The van der Waals surface area contributed by atoms with E-state index in [2.05, 4.69) is 9.88 Å². The first kappa shape index (κ1) is 22.2. The van der Waals surface area contributed by atoms with Gasteiger partial charge in [0.05, 0.1) is 17.8 Å². The Hall–Kier alpha value is -3.62. The second-order valence-electron chi connectivity index (χ2n) is 8.46. The third kappa shape index (κ3) is 4.55. The maximum absolute atomic E-state index is 13.8. The van der Waals surface area contributed by atoms with Crippen molar-refractivity contribution in [2.24, 2.45) is 0 Å². The molecule has 0 aliphatic carbocycles. The van der Waals surface area contributed by atoms with Gasteiger partial charge in [-0.2, -0.15) is 4.98 Å². The van der Waals surface area contributed by atoms with E-state index in [9.17, 15) is 18.0 Å². The monoisotopic (exact) mass is 468 g/mol. The molecule has 0 saturated carbocycles. The number of halogens is 3. The number of aromatic nitrogens is 2. The maximum atomic E-state index is 13.8. The zero-order valence-electron chi connectivity index (χ0n) is 18.4.